The number of likely N-dealkylation sites (tertiary alicyclic amines) is 1. The van der Waals surface area contributed by atoms with Crippen LogP contribution in [0.4, 0.5) is 0 Å². The van der Waals surface area contributed by atoms with E-state index in [4.69, 9.17) is 9.47 Å². The Hall–Kier alpha value is -1.71. The van der Waals surface area contributed by atoms with Gasteiger partial charge in [-0.3, -0.25) is 4.79 Å². The summed E-state index contributed by atoms with van der Waals surface area (Å²) in [5, 5.41) is 0. The fraction of sp³-hybridized carbons (Fsp3) is 0.611. The van der Waals surface area contributed by atoms with E-state index in [9.17, 15) is 4.79 Å². The highest BCUT2D eigenvalue weighted by Crippen LogP contribution is 2.36. The Morgan fingerprint density at radius 3 is 2.64 bits per heavy atom. The summed E-state index contributed by atoms with van der Waals surface area (Å²) in [5.41, 5.74) is 1.18. The predicted octanol–water partition coefficient (Wildman–Crippen LogP) is 3.35. The zero-order chi connectivity index (χ0) is 15.5. The highest BCUT2D eigenvalue weighted by Gasteiger charge is 2.30. The molecule has 1 amide bonds. The molecule has 1 heterocycles. The van der Waals surface area contributed by atoms with Crippen molar-refractivity contribution >= 4 is 5.91 Å². The van der Waals surface area contributed by atoms with Gasteiger partial charge >= 0.3 is 0 Å². The van der Waals surface area contributed by atoms with Crippen molar-refractivity contribution in [1.82, 2.24) is 4.90 Å². The van der Waals surface area contributed by atoms with Gasteiger partial charge in [-0.15, -0.1) is 0 Å². The Balaban J connectivity index is 1.79. The van der Waals surface area contributed by atoms with Gasteiger partial charge in [0.25, 0.3) is 0 Å². The van der Waals surface area contributed by atoms with Crippen molar-refractivity contribution in [2.75, 3.05) is 20.2 Å². The lowest BCUT2D eigenvalue weighted by Crippen LogP contribution is -2.24. The van der Waals surface area contributed by atoms with Crippen LogP contribution in [0, 0.1) is 0 Å². The SMILES string of the molecule is CCN1C[C@@H](c2ccc(OC)c(OC3CCCC3)c2)CC1=O. The molecule has 3 rings (SSSR count). The first-order valence-corrected chi connectivity index (χ1v) is 8.33. The van der Waals surface area contributed by atoms with Gasteiger partial charge in [-0.25, -0.2) is 0 Å². The third-order valence-corrected chi connectivity index (χ3v) is 4.85. The molecule has 0 bridgehead atoms. The van der Waals surface area contributed by atoms with E-state index in [0.717, 1.165) is 37.4 Å². The molecule has 1 saturated carbocycles. The second kappa shape index (κ2) is 6.59. The minimum atomic E-state index is 0.251. The molecular weight excluding hydrogens is 278 g/mol. The molecule has 1 saturated heterocycles. The number of carbonyl (C=O) groups excluding carboxylic acids is 1. The monoisotopic (exact) mass is 303 g/mol. The topological polar surface area (TPSA) is 38.8 Å². The molecule has 0 aromatic heterocycles. The normalized spacial score (nSPS) is 22.4. The standard InChI is InChI=1S/C18H25NO3/c1-3-19-12-14(11-18(19)20)13-8-9-16(21-2)17(10-13)22-15-6-4-5-7-15/h8-10,14-15H,3-7,11-12H2,1-2H3/t14-/m0/s1. The quantitative estimate of drug-likeness (QED) is 0.837. The molecule has 0 radical (unpaired) electrons. The molecule has 2 aliphatic rings. The van der Waals surface area contributed by atoms with Gasteiger partial charge in [0.15, 0.2) is 11.5 Å². The number of carbonyl (C=O) groups is 1. The van der Waals surface area contributed by atoms with Crippen molar-refractivity contribution in [3.63, 3.8) is 0 Å². The van der Waals surface area contributed by atoms with Crippen LogP contribution in [0.2, 0.25) is 0 Å². The largest absolute Gasteiger partial charge is 0.493 e. The van der Waals surface area contributed by atoms with Crippen LogP contribution in [-0.4, -0.2) is 37.1 Å². The Labute approximate surface area is 132 Å². The van der Waals surface area contributed by atoms with Crippen molar-refractivity contribution in [2.24, 2.45) is 0 Å². The smallest absolute Gasteiger partial charge is 0.223 e. The van der Waals surface area contributed by atoms with E-state index < -0.39 is 0 Å². The van der Waals surface area contributed by atoms with Crippen LogP contribution in [0.3, 0.4) is 0 Å². The molecule has 1 aromatic carbocycles. The van der Waals surface area contributed by atoms with E-state index in [-0.39, 0.29) is 11.8 Å². The Morgan fingerprint density at radius 2 is 2.00 bits per heavy atom. The van der Waals surface area contributed by atoms with Gasteiger partial charge in [-0.2, -0.15) is 0 Å². The van der Waals surface area contributed by atoms with Crippen LogP contribution in [0.5, 0.6) is 11.5 Å². The molecule has 120 valence electrons. The lowest BCUT2D eigenvalue weighted by atomic mass is 9.98. The van der Waals surface area contributed by atoms with E-state index in [1.54, 1.807) is 7.11 Å². The number of hydrogen-bond acceptors (Lipinski definition) is 3. The third-order valence-electron chi connectivity index (χ3n) is 4.85. The fourth-order valence-electron chi connectivity index (χ4n) is 3.53. The summed E-state index contributed by atoms with van der Waals surface area (Å²) in [6, 6.07) is 6.12. The molecule has 1 aliphatic heterocycles. The van der Waals surface area contributed by atoms with Crippen LogP contribution in [0.25, 0.3) is 0 Å². The molecule has 1 aliphatic carbocycles. The number of nitrogens with zero attached hydrogens (tertiary/aromatic N) is 1. The first kappa shape index (κ1) is 15.2. The Morgan fingerprint density at radius 1 is 1.23 bits per heavy atom. The number of hydrogen-bond donors (Lipinski definition) is 0. The van der Waals surface area contributed by atoms with Crippen LogP contribution in [0.1, 0.15) is 50.5 Å². The van der Waals surface area contributed by atoms with Crippen LogP contribution in [-0.2, 0) is 4.79 Å². The average Bonchev–Trinajstić information content (AvgIpc) is 3.16. The van der Waals surface area contributed by atoms with E-state index in [1.165, 1.54) is 18.4 Å². The molecule has 0 unspecified atom stereocenters. The number of ether oxygens (including phenoxy) is 2. The minimum absolute atomic E-state index is 0.251. The maximum absolute atomic E-state index is 11.9. The van der Waals surface area contributed by atoms with Gasteiger partial charge in [0, 0.05) is 25.4 Å². The minimum Gasteiger partial charge on any atom is -0.493 e. The molecule has 2 fully saturated rings. The fourth-order valence-corrected chi connectivity index (χ4v) is 3.53. The molecule has 0 N–H and O–H groups in total. The van der Waals surface area contributed by atoms with E-state index in [1.807, 2.05) is 17.9 Å². The van der Waals surface area contributed by atoms with Gasteiger partial charge in [0.2, 0.25) is 5.91 Å². The Bertz CT molecular complexity index is 537. The number of likely N-dealkylation sites (N-methyl/N-ethyl adjacent to an activating group) is 1. The summed E-state index contributed by atoms with van der Waals surface area (Å²) < 4.78 is 11.6. The highest BCUT2D eigenvalue weighted by molar-refractivity contribution is 5.79. The van der Waals surface area contributed by atoms with Crippen LogP contribution >= 0.6 is 0 Å². The number of methoxy groups -OCH3 is 1. The maximum atomic E-state index is 11.9. The molecule has 0 spiro atoms. The van der Waals surface area contributed by atoms with Crippen molar-refractivity contribution in [3.05, 3.63) is 23.8 Å². The first-order chi connectivity index (χ1) is 10.7. The van der Waals surface area contributed by atoms with E-state index >= 15 is 0 Å². The summed E-state index contributed by atoms with van der Waals surface area (Å²) in [5.74, 6) is 2.13. The van der Waals surface area contributed by atoms with Gasteiger partial charge in [-0.05, 0) is 50.3 Å². The maximum Gasteiger partial charge on any atom is 0.223 e. The van der Waals surface area contributed by atoms with E-state index in [0.29, 0.717) is 12.5 Å². The molecule has 1 atom stereocenters. The first-order valence-electron chi connectivity index (χ1n) is 8.33. The summed E-state index contributed by atoms with van der Waals surface area (Å²) in [6.45, 7) is 3.63. The van der Waals surface area contributed by atoms with Gasteiger partial charge < -0.3 is 14.4 Å². The van der Waals surface area contributed by atoms with Gasteiger partial charge in [-0.1, -0.05) is 6.07 Å². The molecule has 22 heavy (non-hydrogen) atoms. The number of amides is 1. The second-order valence-corrected chi connectivity index (χ2v) is 6.27. The summed E-state index contributed by atoms with van der Waals surface area (Å²) in [7, 11) is 1.68. The zero-order valence-electron chi connectivity index (χ0n) is 13.5. The summed E-state index contributed by atoms with van der Waals surface area (Å²) >= 11 is 0. The average molecular weight is 303 g/mol. The van der Waals surface area contributed by atoms with Crippen molar-refractivity contribution in [1.29, 1.82) is 0 Å². The third kappa shape index (κ3) is 3.06. The highest BCUT2D eigenvalue weighted by atomic mass is 16.5. The Kier molecular flexibility index (Phi) is 4.55. The lowest BCUT2D eigenvalue weighted by Gasteiger charge is -2.19. The summed E-state index contributed by atoms with van der Waals surface area (Å²) in [4.78, 5) is 13.9. The van der Waals surface area contributed by atoms with Crippen molar-refractivity contribution < 1.29 is 14.3 Å². The molecule has 4 nitrogen and oxygen atoms in total. The molecule has 1 aromatic rings. The van der Waals surface area contributed by atoms with Gasteiger partial charge in [0.1, 0.15) is 0 Å². The molecule has 4 heteroatoms. The number of rotatable bonds is 5. The second-order valence-electron chi connectivity index (χ2n) is 6.27. The van der Waals surface area contributed by atoms with Crippen LogP contribution < -0.4 is 9.47 Å². The number of benzene rings is 1. The van der Waals surface area contributed by atoms with Crippen molar-refractivity contribution in [2.45, 2.75) is 51.0 Å². The summed E-state index contributed by atoms with van der Waals surface area (Å²) in [6.07, 6.45) is 5.65. The lowest BCUT2D eigenvalue weighted by molar-refractivity contribution is -0.127. The van der Waals surface area contributed by atoms with Gasteiger partial charge in [0.05, 0.1) is 13.2 Å². The van der Waals surface area contributed by atoms with E-state index in [2.05, 4.69) is 12.1 Å². The molecular formula is C18H25NO3. The zero-order valence-corrected chi connectivity index (χ0v) is 13.5. The predicted molar refractivity (Wildman–Crippen MR) is 85.5 cm³/mol. The van der Waals surface area contributed by atoms with Crippen molar-refractivity contribution in [3.8, 4) is 11.5 Å². The van der Waals surface area contributed by atoms with Crippen LogP contribution in [0.15, 0.2) is 18.2 Å².